The van der Waals surface area contributed by atoms with Crippen LogP contribution in [0.2, 0.25) is 0 Å². The van der Waals surface area contributed by atoms with E-state index in [4.69, 9.17) is 4.74 Å². The van der Waals surface area contributed by atoms with Gasteiger partial charge in [0.1, 0.15) is 16.9 Å². The Kier molecular flexibility index (Phi) is 3.59. The lowest BCUT2D eigenvalue weighted by Crippen LogP contribution is -2.33. The van der Waals surface area contributed by atoms with Gasteiger partial charge in [0, 0.05) is 23.5 Å². The molecule has 5 heteroatoms. The van der Waals surface area contributed by atoms with Crippen LogP contribution in [0.4, 0.5) is 4.39 Å². The molecule has 1 aromatic heterocycles. The third-order valence-corrected chi connectivity index (χ3v) is 4.21. The Morgan fingerprint density at radius 2 is 2.26 bits per heavy atom. The third kappa shape index (κ3) is 2.54. The molecule has 1 aromatic carbocycles. The predicted octanol–water partition coefficient (Wildman–Crippen LogP) is 2.92. The van der Waals surface area contributed by atoms with Crippen molar-refractivity contribution in [2.45, 2.75) is 13.0 Å². The zero-order valence-electron chi connectivity index (χ0n) is 10.6. The number of thiazole rings is 1. The minimum Gasteiger partial charge on any atom is -0.368 e. The molecule has 0 radical (unpaired) electrons. The normalized spacial score (nSPS) is 19.6. The number of nitrogens with zero attached hydrogens (tertiary/aromatic N) is 1. The van der Waals surface area contributed by atoms with Crippen LogP contribution in [0.3, 0.4) is 0 Å². The van der Waals surface area contributed by atoms with Gasteiger partial charge in [-0.2, -0.15) is 0 Å². The van der Waals surface area contributed by atoms with Crippen LogP contribution in [-0.4, -0.2) is 24.7 Å². The van der Waals surface area contributed by atoms with E-state index < -0.39 is 0 Å². The molecule has 0 spiro atoms. The Morgan fingerprint density at radius 1 is 1.42 bits per heavy atom. The Labute approximate surface area is 115 Å². The van der Waals surface area contributed by atoms with Crippen molar-refractivity contribution < 1.29 is 9.13 Å². The van der Waals surface area contributed by atoms with Crippen molar-refractivity contribution in [3.8, 4) is 11.3 Å². The second kappa shape index (κ2) is 5.36. The average Bonchev–Trinajstić information content (AvgIpc) is 2.82. The third-order valence-electron chi connectivity index (χ3n) is 3.15. The van der Waals surface area contributed by atoms with Crippen LogP contribution in [0.1, 0.15) is 16.0 Å². The summed E-state index contributed by atoms with van der Waals surface area (Å²) in [6.07, 6.45) is -0.0158. The van der Waals surface area contributed by atoms with E-state index in [1.54, 1.807) is 23.5 Å². The summed E-state index contributed by atoms with van der Waals surface area (Å²) in [4.78, 5) is 5.60. The molecule has 100 valence electrons. The smallest absolute Gasteiger partial charge is 0.132 e. The summed E-state index contributed by atoms with van der Waals surface area (Å²) in [6, 6.07) is 6.75. The van der Waals surface area contributed by atoms with Crippen LogP contribution in [0, 0.1) is 12.7 Å². The van der Waals surface area contributed by atoms with Crippen molar-refractivity contribution in [1.29, 1.82) is 0 Å². The van der Waals surface area contributed by atoms with E-state index in [9.17, 15) is 4.39 Å². The molecule has 1 N–H and O–H groups in total. The van der Waals surface area contributed by atoms with Crippen molar-refractivity contribution in [2.24, 2.45) is 0 Å². The summed E-state index contributed by atoms with van der Waals surface area (Å²) >= 11 is 1.58. The van der Waals surface area contributed by atoms with E-state index in [-0.39, 0.29) is 11.9 Å². The summed E-state index contributed by atoms with van der Waals surface area (Å²) in [5.41, 5.74) is 1.29. The molecule has 1 saturated heterocycles. The maximum Gasteiger partial charge on any atom is 0.132 e. The molecule has 0 saturated carbocycles. The van der Waals surface area contributed by atoms with Crippen LogP contribution in [0.5, 0.6) is 0 Å². The SMILES string of the molecule is Cc1sc(C2CNCCO2)nc1-c1ccccc1F. The topological polar surface area (TPSA) is 34.1 Å². The lowest BCUT2D eigenvalue weighted by Gasteiger charge is -2.21. The van der Waals surface area contributed by atoms with Gasteiger partial charge in [0.2, 0.25) is 0 Å². The number of morpholine rings is 1. The lowest BCUT2D eigenvalue weighted by molar-refractivity contribution is 0.0276. The van der Waals surface area contributed by atoms with E-state index in [0.29, 0.717) is 12.2 Å². The van der Waals surface area contributed by atoms with Crippen LogP contribution >= 0.6 is 11.3 Å². The van der Waals surface area contributed by atoms with Gasteiger partial charge in [0.15, 0.2) is 0 Å². The molecule has 1 aliphatic heterocycles. The standard InChI is InChI=1S/C14H15FN2OS/c1-9-13(10-4-2-3-5-11(10)15)17-14(19-9)12-8-16-6-7-18-12/h2-5,12,16H,6-8H2,1H3. The summed E-state index contributed by atoms with van der Waals surface area (Å²) < 4.78 is 19.5. The molecular formula is C14H15FN2OS. The van der Waals surface area contributed by atoms with E-state index in [1.807, 2.05) is 13.0 Å². The first-order chi connectivity index (χ1) is 9.25. The van der Waals surface area contributed by atoms with Crippen LogP contribution in [-0.2, 0) is 4.74 Å². The first kappa shape index (κ1) is 12.7. The average molecular weight is 278 g/mol. The zero-order valence-corrected chi connectivity index (χ0v) is 11.5. The molecule has 0 aliphatic carbocycles. The minimum atomic E-state index is -0.231. The van der Waals surface area contributed by atoms with Gasteiger partial charge in [-0.3, -0.25) is 0 Å². The van der Waals surface area contributed by atoms with Crippen molar-refractivity contribution in [3.05, 3.63) is 40.0 Å². The second-order valence-electron chi connectivity index (χ2n) is 4.50. The van der Waals surface area contributed by atoms with E-state index in [2.05, 4.69) is 10.3 Å². The Hall–Kier alpha value is -1.30. The molecule has 1 unspecified atom stereocenters. The molecule has 3 rings (SSSR count). The molecule has 19 heavy (non-hydrogen) atoms. The Bertz CT molecular complexity index is 579. The zero-order chi connectivity index (χ0) is 13.2. The fourth-order valence-electron chi connectivity index (χ4n) is 2.18. The van der Waals surface area contributed by atoms with E-state index >= 15 is 0 Å². The highest BCUT2D eigenvalue weighted by atomic mass is 32.1. The predicted molar refractivity (Wildman–Crippen MR) is 73.8 cm³/mol. The molecule has 2 aromatic rings. The summed E-state index contributed by atoms with van der Waals surface area (Å²) in [7, 11) is 0. The van der Waals surface area contributed by atoms with E-state index in [0.717, 1.165) is 28.7 Å². The number of aryl methyl sites for hydroxylation is 1. The lowest BCUT2D eigenvalue weighted by atomic mass is 10.1. The number of halogens is 1. The molecule has 3 nitrogen and oxygen atoms in total. The Balaban J connectivity index is 1.95. The highest BCUT2D eigenvalue weighted by molar-refractivity contribution is 7.12. The first-order valence-electron chi connectivity index (χ1n) is 6.30. The summed E-state index contributed by atoms with van der Waals surface area (Å²) in [5, 5.41) is 4.20. The number of ether oxygens (including phenoxy) is 1. The summed E-state index contributed by atoms with van der Waals surface area (Å²) in [6.45, 7) is 4.31. The van der Waals surface area contributed by atoms with Gasteiger partial charge < -0.3 is 10.1 Å². The van der Waals surface area contributed by atoms with Gasteiger partial charge in [0.25, 0.3) is 0 Å². The number of rotatable bonds is 2. The maximum absolute atomic E-state index is 13.8. The number of hydrogen-bond donors (Lipinski definition) is 1. The van der Waals surface area contributed by atoms with Crippen molar-refractivity contribution >= 4 is 11.3 Å². The summed E-state index contributed by atoms with van der Waals surface area (Å²) in [5.74, 6) is -0.231. The number of aromatic nitrogens is 1. The quantitative estimate of drug-likeness (QED) is 0.917. The van der Waals surface area contributed by atoms with Crippen molar-refractivity contribution in [3.63, 3.8) is 0 Å². The van der Waals surface area contributed by atoms with E-state index in [1.165, 1.54) is 6.07 Å². The largest absolute Gasteiger partial charge is 0.368 e. The molecule has 1 fully saturated rings. The minimum absolute atomic E-state index is 0.0158. The molecule has 1 atom stereocenters. The van der Waals surface area contributed by atoms with Gasteiger partial charge in [-0.25, -0.2) is 9.37 Å². The molecule has 2 heterocycles. The van der Waals surface area contributed by atoms with Crippen LogP contribution in [0.15, 0.2) is 24.3 Å². The number of benzene rings is 1. The van der Waals surface area contributed by atoms with Gasteiger partial charge in [0.05, 0.1) is 12.3 Å². The van der Waals surface area contributed by atoms with Crippen LogP contribution in [0.25, 0.3) is 11.3 Å². The Morgan fingerprint density at radius 3 is 3.00 bits per heavy atom. The first-order valence-corrected chi connectivity index (χ1v) is 7.12. The van der Waals surface area contributed by atoms with Crippen molar-refractivity contribution in [1.82, 2.24) is 10.3 Å². The van der Waals surface area contributed by atoms with Crippen molar-refractivity contribution in [2.75, 3.05) is 19.7 Å². The molecular weight excluding hydrogens is 263 g/mol. The van der Waals surface area contributed by atoms with Gasteiger partial charge in [-0.05, 0) is 19.1 Å². The van der Waals surface area contributed by atoms with Gasteiger partial charge in [-0.15, -0.1) is 11.3 Å². The fourth-order valence-corrected chi connectivity index (χ4v) is 3.17. The van der Waals surface area contributed by atoms with Crippen LogP contribution < -0.4 is 5.32 Å². The highest BCUT2D eigenvalue weighted by Gasteiger charge is 2.22. The number of hydrogen-bond acceptors (Lipinski definition) is 4. The maximum atomic E-state index is 13.8. The highest BCUT2D eigenvalue weighted by Crippen LogP contribution is 2.33. The fraction of sp³-hybridized carbons (Fsp3) is 0.357. The second-order valence-corrected chi connectivity index (χ2v) is 5.74. The van der Waals surface area contributed by atoms with Gasteiger partial charge >= 0.3 is 0 Å². The molecule has 0 amide bonds. The van der Waals surface area contributed by atoms with Gasteiger partial charge in [-0.1, -0.05) is 12.1 Å². The molecule has 1 aliphatic rings. The number of nitrogens with one attached hydrogen (secondary N) is 1. The monoisotopic (exact) mass is 278 g/mol. The molecule has 0 bridgehead atoms.